The van der Waals surface area contributed by atoms with Gasteiger partial charge in [0.2, 0.25) is 59.1 Å². The lowest BCUT2D eigenvalue weighted by Crippen LogP contribution is -2.60. The predicted molar refractivity (Wildman–Crippen MR) is 272 cm³/mol. The predicted octanol–water partition coefficient (Wildman–Crippen LogP) is -7.27. The Balaban J connectivity index is 6.55. The van der Waals surface area contributed by atoms with Gasteiger partial charge in [-0.15, -0.1) is 0 Å². The van der Waals surface area contributed by atoms with Crippen molar-refractivity contribution in [2.75, 3.05) is 13.1 Å². The lowest BCUT2D eigenvalue weighted by atomic mass is 10.0. The van der Waals surface area contributed by atoms with Gasteiger partial charge >= 0.3 is 17.9 Å². The van der Waals surface area contributed by atoms with Crippen LogP contribution in [0.15, 0.2) is 9.98 Å². The molecule has 0 aliphatic carbocycles. The van der Waals surface area contributed by atoms with E-state index in [1.165, 1.54) is 6.92 Å². The summed E-state index contributed by atoms with van der Waals surface area (Å²) >= 11 is 0. The molecule has 0 bridgehead atoms. The molecule has 0 spiro atoms. The first-order valence-corrected chi connectivity index (χ1v) is 24.4. The van der Waals surface area contributed by atoms with Crippen molar-refractivity contribution in [1.82, 2.24) is 42.5 Å². The summed E-state index contributed by atoms with van der Waals surface area (Å²) in [6.07, 6.45) is -4.05. The van der Waals surface area contributed by atoms with Gasteiger partial charge in [0.1, 0.15) is 48.3 Å². The Morgan fingerprint density at radius 2 is 0.701 bits per heavy atom. The zero-order valence-corrected chi connectivity index (χ0v) is 43.5. The number of hydrogen-bond acceptors (Lipinski definition) is 16. The summed E-state index contributed by atoms with van der Waals surface area (Å²) in [5, 5.41) is 46.9. The molecule has 0 saturated heterocycles. The van der Waals surface area contributed by atoms with Crippen LogP contribution < -0.4 is 82.7 Å². The van der Waals surface area contributed by atoms with Crippen molar-refractivity contribution in [2.24, 2.45) is 56.0 Å². The van der Waals surface area contributed by atoms with Gasteiger partial charge in [-0.1, -0.05) is 13.8 Å². The molecule has 0 heterocycles. The molecule has 0 aromatic carbocycles. The van der Waals surface area contributed by atoms with Gasteiger partial charge in [-0.3, -0.25) is 67.5 Å². The summed E-state index contributed by atoms with van der Waals surface area (Å²) in [6.45, 7) is 5.76. The summed E-state index contributed by atoms with van der Waals surface area (Å²) < 4.78 is 0. The van der Waals surface area contributed by atoms with E-state index in [0.717, 1.165) is 6.92 Å². The van der Waals surface area contributed by atoms with E-state index >= 15 is 0 Å². The Morgan fingerprint density at radius 3 is 1.06 bits per heavy atom. The van der Waals surface area contributed by atoms with Gasteiger partial charge in [0.25, 0.3) is 0 Å². The van der Waals surface area contributed by atoms with Crippen molar-refractivity contribution >= 4 is 88.9 Å². The van der Waals surface area contributed by atoms with Crippen molar-refractivity contribution in [3.63, 3.8) is 0 Å². The van der Waals surface area contributed by atoms with Crippen LogP contribution in [0.5, 0.6) is 0 Å². The first-order valence-electron chi connectivity index (χ1n) is 24.4. The van der Waals surface area contributed by atoms with Crippen LogP contribution in [0, 0.1) is 5.92 Å². The van der Waals surface area contributed by atoms with Crippen LogP contribution in [-0.2, 0) is 62.3 Å². The van der Waals surface area contributed by atoms with E-state index < -0.39 is 176 Å². The van der Waals surface area contributed by atoms with Gasteiger partial charge in [-0.2, -0.15) is 0 Å². The SMILES string of the molecule is CC(C)C[C@H](NC(=O)[C@@H](N)CCC(=O)O)C(=O)N[C@@H](CCC(=O)O)C(=O)N[C@@H](CCC(N)=O)C(=O)N[C@@H](C)C(=O)N[C@@H](CCCN=C(N)N)C(=O)N[C@@H](CCC(N)=O)C(=O)N[C@@H](C)C(=O)N[C@@H](CCCN=C(N)N)C(=O)O. The van der Waals surface area contributed by atoms with E-state index in [2.05, 4.69) is 52.5 Å². The molecule has 0 fully saturated rings. The lowest BCUT2D eigenvalue weighted by Gasteiger charge is -2.27. The van der Waals surface area contributed by atoms with E-state index in [1.807, 2.05) is 0 Å². The van der Waals surface area contributed by atoms with Gasteiger partial charge < -0.3 is 98.0 Å². The maximum absolute atomic E-state index is 13.9. The number of primary amides is 2. The average molecular weight is 1100 g/mol. The first-order chi connectivity index (χ1) is 35.8. The Bertz CT molecular complexity index is 2150. The van der Waals surface area contributed by atoms with Crippen molar-refractivity contribution < 1.29 is 77.6 Å². The number of carbonyl (C=O) groups excluding carboxylic acids is 10. The molecule has 0 aromatic heterocycles. The van der Waals surface area contributed by atoms with Crippen LogP contribution in [0.25, 0.3) is 0 Å². The molecule has 0 aliphatic heterocycles. The average Bonchev–Trinajstić information content (AvgIpc) is 3.32. The van der Waals surface area contributed by atoms with Crippen molar-refractivity contribution in [3.05, 3.63) is 0 Å². The second-order valence-electron chi connectivity index (χ2n) is 18.2. The van der Waals surface area contributed by atoms with Gasteiger partial charge in [0.05, 0.1) is 6.04 Å². The van der Waals surface area contributed by atoms with Gasteiger partial charge in [-0.25, -0.2) is 4.79 Å². The number of nitrogens with two attached hydrogens (primary N) is 7. The summed E-state index contributed by atoms with van der Waals surface area (Å²) in [5.74, 6) is -14.8. The number of guanidine groups is 2. The van der Waals surface area contributed by atoms with Crippen LogP contribution in [0.4, 0.5) is 0 Å². The fourth-order valence-corrected chi connectivity index (χ4v) is 6.74. The molecule has 0 rings (SSSR count). The van der Waals surface area contributed by atoms with Crippen molar-refractivity contribution in [2.45, 2.75) is 166 Å². The fourth-order valence-electron chi connectivity index (χ4n) is 6.74. The molecule has 9 atom stereocenters. The number of aliphatic carboxylic acids is 3. The molecule has 10 amide bonds. The quantitative estimate of drug-likeness (QED) is 0.0154. The Kier molecular flexibility index (Phi) is 31.8. The third-order valence-corrected chi connectivity index (χ3v) is 10.9. The van der Waals surface area contributed by atoms with Gasteiger partial charge in [0.15, 0.2) is 11.9 Å². The van der Waals surface area contributed by atoms with E-state index in [9.17, 15) is 72.5 Å². The molecule has 77 heavy (non-hydrogen) atoms. The molecular formula is C44H77N17O16. The monoisotopic (exact) mass is 1100 g/mol. The highest BCUT2D eigenvalue weighted by atomic mass is 16.4. The smallest absolute Gasteiger partial charge is 0.326 e. The molecule has 0 unspecified atom stereocenters. The first kappa shape index (κ1) is 68.6. The molecule has 25 N–H and O–H groups in total. The maximum atomic E-state index is 13.9. The summed E-state index contributed by atoms with van der Waals surface area (Å²) in [6, 6.07) is -13.6. The van der Waals surface area contributed by atoms with E-state index in [0.29, 0.717) is 0 Å². The Labute approximate surface area is 442 Å². The number of hydrogen-bond donors (Lipinski definition) is 18. The largest absolute Gasteiger partial charge is 0.481 e. The highest BCUT2D eigenvalue weighted by Crippen LogP contribution is 2.11. The number of nitrogens with zero attached hydrogens (tertiary/aromatic N) is 2. The van der Waals surface area contributed by atoms with Crippen molar-refractivity contribution in [3.8, 4) is 0 Å². The number of carboxylic acids is 3. The molecule has 0 saturated carbocycles. The van der Waals surface area contributed by atoms with Crippen molar-refractivity contribution in [1.29, 1.82) is 0 Å². The number of nitrogens with one attached hydrogen (secondary N) is 8. The van der Waals surface area contributed by atoms with E-state index in [-0.39, 0.29) is 69.5 Å². The maximum Gasteiger partial charge on any atom is 0.326 e. The molecular weight excluding hydrogens is 1020 g/mol. The fraction of sp³-hybridized carbons (Fsp3) is 0.659. The standard InChI is InChI=1S/C44H77N17O16/c1-20(2)19-29(61-36(70)23(45)9-15-32(64)65)41(75)59-27(12-16-33(66)67)40(74)58-26(11-14-31(47)63)38(72)54-21(3)34(68)56-24(7-5-17-52-43(48)49)39(73)57-25(10-13-30(46)62)37(71)55-22(4)35(69)60-28(42(76)77)8-6-18-53-44(50)51/h20-29H,5-19,45H2,1-4H3,(H2,46,62)(H2,47,63)(H,54,72)(H,55,71)(H,56,68)(H,57,73)(H,58,74)(H,59,75)(H,60,69)(H,61,70)(H,64,65)(H,66,67)(H,76,77)(H4,48,49,52)(H4,50,51,53)/t21-,22-,23-,24-,25-,26-,27-,28-,29-/m0/s1. The Hall–Kier alpha value is -8.39. The van der Waals surface area contributed by atoms with Crippen LogP contribution in [0.3, 0.4) is 0 Å². The second kappa shape index (κ2) is 35.7. The summed E-state index contributed by atoms with van der Waals surface area (Å²) in [7, 11) is 0. The molecule has 0 aromatic rings. The third kappa shape index (κ3) is 30.5. The van der Waals surface area contributed by atoms with Gasteiger partial charge in [-0.05, 0) is 77.6 Å². The second-order valence-corrected chi connectivity index (χ2v) is 18.2. The van der Waals surface area contributed by atoms with Crippen LogP contribution in [0.2, 0.25) is 0 Å². The Morgan fingerprint density at radius 1 is 0.390 bits per heavy atom. The normalized spacial score (nSPS) is 14.3. The topological polar surface area (TPSA) is 586 Å². The number of amides is 10. The van der Waals surface area contributed by atoms with Crippen LogP contribution >= 0.6 is 0 Å². The summed E-state index contributed by atoms with van der Waals surface area (Å²) in [5.41, 5.74) is 37.8. The highest BCUT2D eigenvalue weighted by Gasteiger charge is 2.34. The van der Waals surface area contributed by atoms with Crippen LogP contribution in [-0.4, -0.2) is 172 Å². The molecule has 33 heteroatoms. The minimum Gasteiger partial charge on any atom is -0.481 e. The number of carboxylic acid groups (broad SMARTS) is 3. The third-order valence-electron chi connectivity index (χ3n) is 10.9. The molecule has 434 valence electrons. The molecule has 0 aliphatic rings. The molecule has 33 nitrogen and oxygen atoms in total. The zero-order chi connectivity index (χ0) is 59.1. The van der Waals surface area contributed by atoms with E-state index in [4.69, 9.17) is 45.2 Å². The number of carbonyl (C=O) groups is 13. The van der Waals surface area contributed by atoms with Crippen LogP contribution in [0.1, 0.15) is 111 Å². The molecule has 0 radical (unpaired) electrons. The minimum atomic E-state index is -1.69. The zero-order valence-electron chi connectivity index (χ0n) is 43.5. The number of aliphatic imine (C=N–C) groups is 2. The minimum absolute atomic E-state index is 0.0208. The summed E-state index contributed by atoms with van der Waals surface area (Å²) in [4.78, 5) is 174. The van der Waals surface area contributed by atoms with E-state index in [1.54, 1.807) is 13.8 Å². The lowest BCUT2D eigenvalue weighted by molar-refractivity contribution is -0.142. The highest BCUT2D eigenvalue weighted by molar-refractivity contribution is 5.98. The number of rotatable bonds is 39. The van der Waals surface area contributed by atoms with Gasteiger partial charge in [0, 0.05) is 38.8 Å².